The number of aryl methyl sites for hydroxylation is 2. The molecular formula is C15H19ClN2. The summed E-state index contributed by atoms with van der Waals surface area (Å²) in [7, 11) is 0. The Morgan fingerprint density at radius 1 is 1.06 bits per heavy atom. The van der Waals surface area contributed by atoms with Crippen LogP contribution in [-0.2, 0) is 5.41 Å². The Morgan fingerprint density at radius 2 is 1.72 bits per heavy atom. The van der Waals surface area contributed by atoms with Gasteiger partial charge in [0, 0.05) is 21.7 Å². The molecule has 0 fully saturated rings. The molecule has 0 aliphatic heterocycles. The number of H-pyrrole nitrogens is 1. The van der Waals surface area contributed by atoms with Gasteiger partial charge in [0.15, 0.2) is 0 Å². The number of hydrogen-bond donors (Lipinski definition) is 1. The number of aromatic nitrogens is 2. The molecule has 0 saturated heterocycles. The first-order valence-electron chi connectivity index (χ1n) is 6.12. The zero-order valence-corrected chi connectivity index (χ0v) is 12.3. The Hall–Kier alpha value is -1.28. The summed E-state index contributed by atoms with van der Waals surface area (Å²) in [6, 6.07) is 6.22. The normalized spacial score (nSPS) is 11.9. The lowest BCUT2D eigenvalue weighted by Crippen LogP contribution is -2.11. The topological polar surface area (TPSA) is 28.7 Å². The van der Waals surface area contributed by atoms with E-state index in [9.17, 15) is 0 Å². The standard InChI is InChI=1S/C15H19ClN2/c1-9-7-12(16)10(2)6-11(9)13-8-14(18-17-13)15(3,4)5/h6-8H,1-5H3,(H,17,18). The van der Waals surface area contributed by atoms with Gasteiger partial charge >= 0.3 is 0 Å². The van der Waals surface area contributed by atoms with Gasteiger partial charge in [0.25, 0.3) is 0 Å². The molecular weight excluding hydrogens is 244 g/mol. The van der Waals surface area contributed by atoms with Crippen LogP contribution in [0.15, 0.2) is 18.2 Å². The first-order chi connectivity index (χ1) is 8.29. The fourth-order valence-corrected chi connectivity index (χ4v) is 2.12. The molecule has 0 aliphatic rings. The minimum absolute atomic E-state index is 0.0840. The van der Waals surface area contributed by atoms with Crippen molar-refractivity contribution in [1.82, 2.24) is 10.2 Å². The number of nitrogens with one attached hydrogen (secondary N) is 1. The SMILES string of the molecule is Cc1cc(-c2cc(C(C)(C)C)[nH]n2)c(C)cc1Cl. The number of benzene rings is 1. The first kappa shape index (κ1) is 13.2. The third-order valence-corrected chi connectivity index (χ3v) is 3.57. The number of nitrogens with zero attached hydrogens (tertiary/aromatic N) is 1. The zero-order chi connectivity index (χ0) is 13.5. The largest absolute Gasteiger partial charge is 0.281 e. The lowest BCUT2D eigenvalue weighted by atomic mass is 9.91. The average molecular weight is 263 g/mol. The van der Waals surface area contributed by atoms with Gasteiger partial charge in [-0.2, -0.15) is 5.10 Å². The number of rotatable bonds is 1. The summed E-state index contributed by atoms with van der Waals surface area (Å²) in [5.74, 6) is 0. The third-order valence-electron chi connectivity index (χ3n) is 3.17. The van der Waals surface area contributed by atoms with Gasteiger partial charge in [-0.3, -0.25) is 5.10 Å². The van der Waals surface area contributed by atoms with E-state index in [0.29, 0.717) is 0 Å². The quantitative estimate of drug-likeness (QED) is 0.797. The molecule has 2 rings (SSSR count). The van der Waals surface area contributed by atoms with Crippen LogP contribution in [0.2, 0.25) is 5.02 Å². The predicted octanol–water partition coefficient (Wildman–Crippen LogP) is 4.64. The molecule has 96 valence electrons. The van der Waals surface area contributed by atoms with Crippen molar-refractivity contribution in [2.24, 2.45) is 0 Å². The molecule has 0 atom stereocenters. The van der Waals surface area contributed by atoms with Crippen LogP contribution < -0.4 is 0 Å². The smallest absolute Gasteiger partial charge is 0.0926 e. The van der Waals surface area contributed by atoms with Crippen molar-refractivity contribution in [2.75, 3.05) is 0 Å². The molecule has 0 aliphatic carbocycles. The van der Waals surface area contributed by atoms with Crippen molar-refractivity contribution in [3.05, 3.63) is 40.0 Å². The minimum atomic E-state index is 0.0840. The highest BCUT2D eigenvalue weighted by Gasteiger charge is 2.18. The zero-order valence-electron chi connectivity index (χ0n) is 11.6. The lowest BCUT2D eigenvalue weighted by Gasteiger charge is -2.14. The summed E-state index contributed by atoms with van der Waals surface area (Å²) in [6.07, 6.45) is 0. The fourth-order valence-electron chi connectivity index (χ4n) is 1.90. The second-order valence-corrected chi connectivity index (χ2v) is 6.24. The lowest BCUT2D eigenvalue weighted by molar-refractivity contribution is 0.567. The van der Waals surface area contributed by atoms with E-state index in [1.807, 2.05) is 13.0 Å². The van der Waals surface area contributed by atoms with Gasteiger partial charge < -0.3 is 0 Å². The van der Waals surface area contributed by atoms with Crippen molar-refractivity contribution in [1.29, 1.82) is 0 Å². The van der Waals surface area contributed by atoms with Crippen molar-refractivity contribution in [3.8, 4) is 11.3 Å². The molecule has 0 bridgehead atoms. The summed E-state index contributed by atoms with van der Waals surface area (Å²) in [5.41, 5.74) is 5.58. The molecule has 0 saturated carbocycles. The van der Waals surface area contributed by atoms with Gasteiger partial charge in [-0.25, -0.2) is 0 Å². The van der Waals surface area contributed by atoms with Gasteiger partial charge in [-0.15, -0.1) is 0 Å². The van der Waals surface area contributed by atoms with E-state index in [0.717, 1.165) is 33.1 Å². The van der Waals surface area contributed by atoms with E-state index in [1.165, 1.54) is 0 Å². The van der Waals surface area contributed by atoms with Gasteiger partial charge in [0.1, 0.15) is 0 Å². The third kappa shape index (κ3) is 2.44. The molecule has 2 aromatic rings. The Morgan fingerprint density at radius 3 is 2.28 bits per heavy atom. The van der Waals surface area contributed by atoms with Crippen LogP contribution >= 0.6 is 11.6 Å². The van der Waals surface area contributed by atoms with Gasteiger partial charge in [0.2, 0.25) is 0 Å². The van der Waals surface area contributed by atoms with Crippen LogP contribution in [0.3, 0.4) is 0 Å². The fraction of sp³-hybridized carbons (Fsp3) is 0.400. The summed E-state index contributed by atoms with van der Waals surface area (Å²) in [6.45, 7) is 10.6. The number of aromatic amines is 1. The molecule has 18 heavy (non-hydrogen) atoms. The molecule has 1 heterocycles. The van der Waals surface area contributed by atoms with Gasteiger partial charge in [-0.1, -0.05) is 32.4 Å². The maximum absolute atomic E-state index is 6.12. The second-order valence-electron chi connectivity index (χ2n) is 5.83. The Kier molecular flexibility index (Phi) is 3.24. The average Bonchev–Trinajstić information content (AvgIpc) is 2.72. The minimum Gasteiger partial charge on any atom is -0.281 e. The van der Waals surface area contributed by atoms with E-state index in [2.05, 4.69) is 50.0 Å². The molecule has 0 amide bonds. The van der Waals surface area contributed by atoms with Crippen molar-refractivity contribution in [2.45, 2.75) is 40.0 Å². The summed E-state index contributed by atoms with van der Waals surface area (Å²) in [4.78, 5) is 0. The van der Waals surface area contributed by atoms with Crippen molar-refractivity contribution < 1.29 is 0 Å². The summed E-state index contributed by atoms with van der Waals surface area (Å²) < 4.78 is 0. The molecule has 2 nitrogen and oxygen atoms in total. The van der Waals surface area contributed by atoms with E-state index in [4.69, 9.17) is 11.6 Å². The highest BCUT2D eigenvalue weighted by molar-refractivity contribution is 6.31. The van der Waals surface area contributed by atoms with Crippen LogP contribution in [0.5, 0.6) is 0 Å². The Balaban J connectivity index is 2.50. The molecule has 1 N–H and O–H groups in total. The van der Waals surface area contributed by atoms with E-state index < -0.39 is 0 Å². The molecule has 1 aromatic carbocycles. The van der Waals surface area contributed by atoms with Gasteiger partial charge in [0.05, 0.1) is 5.69 Å². The van der Waals surface area contributed by atoms with Crippen LogP contribution in [0, 0.1) is 13.8 Å². The monoisotopic (exact) mass is 262 g/mol. The van der Waals surface area contributed by atoms with Crippen LogP contribution in [0.4, 0.5) is 0 Å². The maximum atomic E-state index is 6.12. The second kappa shape index (κ2) is 4.43. The molecule has 0 unspecified atom stereocenters. The van der Waals surface area contributed by atoms with Crippen molar-refractivity contribution >= 4 is 11.6 Å². The van der Waals surface area contributed by atoms with Crippen LogP contribution in [0.25, 0.3) is 11.3 Å². The van der Waals surface area contributed by atoms with Crippen LogP contribution in [0.1, 0.15) is 37.6 Å². The van der Waals surface area contributed by atoms with Crippen molar-refractivity contribution in [3.63, 3.8) is 0 Å². The van der Waals surface area contributed by atoms with Crippen LogP contribution in [-0.4, -0.2) is 10.2 Å². The van der Waals surface area contributed by atoms with E-state index in [1.54, 1.807) is 0 Å². The molecule has 0 radical (unpaired) electrons. The maximum Gasteiger partial charge on any atom is 0.0926 e. The molecule has 0 spiro atoms. The van der Waals surface area contributed by atoms with E-state index >= 15 is 0 Å². The highest BCUT2D eigenvalue weighted by Crippen LogP contribution is 2.30. The molecule has 3 heteroatoms. The molecule has 1 aromatic heterocycles. The van der Waals surface area contributed by atoms with Gasteiger partial charge in [-0.05, 0) is 43.2 Å². The first-order valence-corrected chi connectivity index (χ1v) is 6.50. The summed E-state index contributed by atoms with van der Waals surface area (Å²) in [5, 5.41) is 8.35. The summed E-state index contributed by atoms with van der Waals surface area (Å²) >= 11 is 6.12. The Bertz CT molecular complexity index is 577. The van der Waals surface area contributed by atoms with E-state index in [-0.39, 0.29) is 5.41 Å². The predicted molar refractivity (Wildman–Crippen MR) is 77.2 cm³/mol. The number of halogens is 1. The Labute approximate surface area is 113 Å². The highest BCUT2D eigenvalue weighted by atomic mass is 35.5. The number of hydrogen-bond acceptors (Lipinski definition) is 1.